The van der Waals surface area contributed by atoms with Gasteiger partial charge in [0.05, 0.1) is 23.0 Å². The van der Waals surface area contributed by atoms with Gasteiger partial charge in [-0.25, -0.2) is 8.78 Å². The van der Waals surface area contributed by atoms with E-state index >= 15 is 0 Å². The van der Waals surface area contributed by atoms with E-state index in [1.165, 1.54) is 0 Å². The van der Waals surface area contributed by atoms with Crippen LogP contribution in [-0.2, 0) is 5.33 Å². The third-order valence-corrected chi connectivity index (χ3v) is 2.16. The second kappa shape index (κ2) is 4.33. The molecule has 0 fully saturated rings. The van der Waals surface area contributed by atoms with Crippen molar-refractivity contribution >= 4 is 15.9 Å². The van der Waals surface area contributed by atoms with Crippen LogP contribution in [0.15, 0.2) is 6.20 Å². The van der Waals surface area contributed by atoms with Crippen molar-refractivity contribution in [3.63, 3.8) is 0 Å². The average molecular weight is 263 g/mol. The van der Waals surface area contributed by atoms with E-state index in [1.54, 1.807) is 6.07 Å². The summed E-state index contributed by atoms with van der Waals surface area (Å²) in [7, 11) is 0. The van der Waals surface area contributed by atoms with Gasteiger partial charge >= 0.3 is 0 Å². The van der Waals surface area contributed by atoms with Crippen LogP contribution in [0.4, 0.5) is 8.78 Å². The molecule has 1 heterocycles. The molecule has 0 bridgehead atoms. The van der Waals surface area contributed by atoms with E-state index in [2.05, 4.69) is 20.9 Å². The van der Waals surface area contributed by atoms with Gasteiger partial charge in [0.15, 0.2) is 0 Å². The number of nitriles is 1. The molecule has 14 heavy (non-hydrogen) atoms. The first-order valence-electron chi connectivity index (χ1n) is 3.56. The summed E-state index contributed by atoms with van der Waals surface area (Å²) in [6.07, 6.45) is -1.97. The summed E-state index contributed by atoms with van der Waals surface area (Å²) < 4.78 is 24.9. The first-order valence-corrected chi connectivity index (χ1v) is 4.69. The third kappa shape index (κ3) is 1.82. The van der Waals surface area contributed by atoms with Crippen molar-refractivity contribution < 1.29 is 13.9 Å². The lowest BCUT2D eigenvalue weighted by Gasteiger charge is -2.07. The van der Waals surface area contributed by atoms with Crippen LogP contribution < -0.4 is 0 Å². The first kappa shape index (κ1) is 10.9. The van der Waals surface area contributed by atoms with Gasteiger partial charge < -0.3 is 5.11 Å². The number of aromatic nitrogens is 1. The lowest BCUT2D eigenvalue weighted by Crippen LogP contribution is -1.99. The van der Waals surface area contributed by atoms with Crippen molar-refractivity contribution in [2.75, 3.05) is 0 Å². The predicted molar refractivity (Wildman–Crippen MR) is 48.2 cm³/mol. The number of rotatable bonds is 2. The summed E-state index contributed by atoms with van der Waals surface area (Å²) in [5.41, 5.74) is -0.727. The standard InChI is InChI=1S/C8H5BrF2N2O/c9-1-5-4(2-12)7(8(10)11)6(14)3-13-5/h3,8,14H,1H2. The maximum atomic E-state index is 12.4. The van der Waals surface area contributed by atoms with Crippen LogP contribution in [0.25, 0.3) is 0 Å². The van der Waals surface area contributed by atoms with E-state index in [1.807, 2.05) is 0 Å². The third-order valence-electron chi connectivity index (χ3n) is 1.63. The summed E-state index contributed by atoms with van der Waals surface area (Å²) in [4.78, 5) is 3.66. The van der Waals surface area contributed by atoms with Gasteiger partial charge in [0.25, 0.3) is 6.43 Å². The molecule has 1 aromatic heterocycles. The monoisotopic (exact) mass is 262 g/mol. The van der Waals surface area contributed by atoms with Crippen LogP contribution in [0.2, 0.25) is 0 Å². The number of halogens is 3. The summed E-state index contributed by atoms with van der Waals surface area (Å²) >= 11 is 3.02. The zero-order valence-corrected chi connectivity index (χ0v) is 8.42. The number of hydrogen-bond acceptors (Lipinski definition) is 3. The topological polar surface area (TPSA) is 56.9 Å². The van der Waals surface area contributed by atoms with Crippen LogP contribution in [0.1, 0.15) is 23.2 Å². The van der Waals surface area contributed by atoms with Crippen LogP contribution in [0.3, 0.4) is 0 Å². The van der Waals surface area contributed by atoms with Crippen LogP contribution in [-0.4, -0.2) is 10.1 Å². The SMILES string of the molecule is N#Cc1c(CBr)ncc(O)c1C(F)F. The lowest BCUT2D eigenvalue weighted by atomic mass is 10.1. The van der Waals surface area contributed by atoms with Crippen molar-refractivity contribution in [2.45, 2.75) is 11.8 Å². The van der Waals surface area contributed by atoms with E-state index in [4.69, 9.17) is 10.4 Å². The van der Waals surface area contributed by atoms with E-state index in [-0.39, 0.29) is 16.6 Å². The maximum absolute atomic E-state index is 12.4. The molecule has 0 saturated carbocycles. The van der Waals surface area contributed by atoms with Crippen LogP contribution in [0.5, 0.6) is 5.75 Å². The van der Waals surface area contributed by atoms with Gasteiger partial charge in [-0.15, -0.1) is 0 Å². The van der Waals surface area contributed by atoms with Crippen LogP contribution in [0, 0.1) is 11.3 Å². The van der Waals surface area contributed by atoms with Crippen molar-refractivity contribution in [3.8, 4) is 11.8 Å². The Morgan fingerprint density at radius 3 is 2.71 bits per heavy atom. The zero-order chi connectivity index (χ0) is 10.7. The van der Waals surface area contributed by atoms with E-state index < -0.39 is 17.7 Å². The summed E-state index contributed by atoms with van der Waals surface area (Å²) in [6, 6.07) is 1.60. The molecule has 0 saturated heterocycles. The van der Waals surface area contributed by atoms with Gasteiger partial charge in [-0.3, -0.25) is 4.98 Å². The molecular weight excluding hydrogens is 258 g/mol. The molecule has 1 rings (SSSR count). The van der Waals surface area contributed by atoms with Crippen molar-refractivity contribution in [3.05, 3.63) is 23.0 Å². The minimum Gasteiger partial charge on any atom is -0.506 e. The van der Waals surface area contributed by atoms with Crippen LogP contribution >= 0.6 is 15.9 Å². The first-order chi connectivity index (χ1) is 6.61. The van der Waals surface area contributed by atoms with Gasteiger partial charge in [0, 0.05) is 5.33 Å². The normalized spacial score (nSPS) is 10.2. The Morgan fingerprint density at radius 1 is 1.64 bits per heavy atom. The molecule has 0 radical (unpaired) electrons. The highest BCUT2D eigenvalue weighted by atomic mass is 79.9. The van der Waals surface area contributed by atoms with Gasteiger partial charge in [-0.05, 0) is 0 Å². The Bertz CT molecular complexity index is 390. The average Bonchev–Trinajstić information content (AvgIpc) is 2.16. The maximum Gasteiger partial charge on any atom is 0.268 e. The Labute approximate surface area is 87.1 Å². The molecule has 0 atom stereocenters. The molecule has 0 amide bonds. The Hall–Kier alpha value is -1.22. The highest BCUT2D eigenvalue weighted by molar-refractivity contribution is 9.08. The van der Waals surface area contributed by atoms with Gasteiger partial charge in [0.1, 0.15) is 11.8 Å². The second-order valence-corrected chi connectivity index (χ2v) is 2.99. The fourth-order valence-corrected chi connectivity index (χ4v) is 1.43. The lowest BCUT2D eigenvalue weighted by molar-refractivity contribution is 0.147. The van der Waals surface area contributed by atoms with Crippen molar-refractivity contribution in [2.24, 2.45) is 0 Å². The fraction of sp³-hybridized carbons (Fsp3) is 0.250. The van der Waals surface area contributed by atoms with E-state index in [0.29, 0.717) is 0 Å². The van der Waals surface area contributed by atoms with E-state index in [9.17, 15) is 8.78 Å². The van der Waals surface area contributed by atoms with E-state index in [0.717, 1.165) is 6.20 Å². The smallest absolute Gasteiger partial charge is 0.268 e. The second-order valence-electron chi connectivity index (χ2n) is 2.42. The van der Waals surface area contributed by atoms with Gasteiger partial charge in [-0.2, -0.15) is 5.26 Å². The minimum atomic E-state index is -2.88. The molecule has 0 unspecified atom stereocenters. The Morgan fingerprint density at radius 2 is 2.29 bits per heavy atom. The summed E-state index contributed by atoms with van der Waals surface area (Å²) in [6.45, 7) is 0. The number of aromatic hydroxyl groups is 1. The molecule has 0 spiro atoms. The summed E-state index contributed by atoms with van der Waals surface area (Å²) in [5, 5.41) is 17.9. The van der Waals surface area contributed by atoms with Crippen molar-refractivity contribution in [1.29, 1.82) is 5.26 Å². The molecule has 1 aromatic rings. The summed E-state index contributed by atoms with van der Waals surface area (Å²) in [5.74, 6) is -0.652. The molecule has 3 nitrogen and oxygen atoms in total. The molecule has 0 aromatic carbocycles. The molecule has 1 N–H and O–H groups in total. The molecule has 0 aliphatic heterocycles. The highest BCUT2D eigenvalue weighted by Crippen LogP contribution is 2.32. The van der Waals surface area contributed by atoms with Gasteiger partial charge in [0.2, 0.25) is 0 Å². The molecule has 6 heteroatoms. The molecular formula is C8H5BrF2N2O. The largest absolute Gasteiger partial charge is 0.506 e. The molecule has 0 aliphatic carbocycles. The Balaban J connectivity index is 3.45. The fourth-order valence-electron chi connectivity index (χ4n) is 1.00. The number of pyridine rings is 1. The predicted octanol–water partition coefficient (Wildman–Crippen LogP) is 2.49. The number of alkyl halides is 3. The Kier molecular flexibility index (Phi) is 3.36. The number of nitrogens with zero attached hydrogens (tertiary/aromatic N) is 2. The van der Waals surface area contributed by atoms with Gasteiger partial charge in [-0.1, -0.05) is 15.9 Å². The quantitative estimate of drug-likeness (QED) is 0.834. The molecule has 74 valence electrons. The highest BCUT2D eigenvalue weighted by Gasteiger charge is 2.21. The number of hydrogen-bond donors (Lipinski definition) is 1. The van der Waals surface area contributed by atoms with Crippen molar-refractivity contribution in [1.82, 2.24) is 4.98 Å². The minimum absolute atomic E-state index is 0.190. The molecule has 0 aliphatic rings. The zero-order valence-electron chi connectivity index (χ0n) is 6.84.